The van der Waals surface area contributed by atoms with Gasteiger partial charge in [-0.15, -0.1) is 0 Å². The molecule has 0 radical (unpaired) electrons. The lowest BCUT2D eigenvalue weighted by atomic mass is 9.78. The second-order valence-corrected chi connectivity index (χ2v) is 10.4. The molecule has 0 aromatic heterocycles. The molecule has 8 heteroatoms. The summed E-state index contributed by atoms with van der Waals surface area (Å²) in [6, 6.07) is 9.70. The standard InChI is InChI=1S/C31H31F7O/c1-2-3-20-4-6-21(7-5-20)8-9-22-10-12-24(13-11-22)31(37,38)39-29-18-25(30(34,35)36)14-15-28(29)23-16-26(32)19-27(33)17-23/h10-21H,2-9H2,1H3. The normalized spacial score (nSPS) is 18.3. The molecule has 3 aromatic rings. The van der Waals surface area contributed by atoms with Gasteiger partial charge < -0.3 is 4.74 Å². The highest BCUT2D eigenvalue weighted by Crippen LogP contribution is 2.42. The highest BCUT2D eigenvalue weighted by molar-refractivity contribution is 5.71. The van der Waals surface area contributed by atoms with Crippen molar-refractivity contribution >= 4 is 0 Å². The summed E-state index contributed by atoms with van der Waals surface area (Å²) in [7, 11) is 0. The molecule has 39 heavy (non-hydrogen) atoms. The van der Waals surface area contributed by atoms with Gasteiger partial charge in [0, 0.05) is 11.6 Å². The van der Waals surface area contributed by atoms with E-state index in [1.807, 2.05) is 0 Å². The number of hydrogen-bond donors (Lipinski definition) is 0. The zero-order valence-corrected chi connectivity index (χ0v) is 21.6. The molecule has 1 aliphatic carbocycles. The maximum Gasteiger partial charge on any atom is 0.426 e. The average Bonchev–Trinajstić information content (AvgIpc) is 2.87. The average molecular weight is 553 g/mol. The largest absolute Gasteiger partial charge is 0.428 e. The number of halogens is 7. The summed E-state index contributed by atoms with van der Waals surface area (Å²) in [5.41, 5.74) is -1.41. The Labute approximate surface area is 224 Å². The Morgan fingerprint density at radius 2 is 1.28 bits per heavy atom. The predicted molar refractivity (Wildman–Crippen MR) is 136 cm³/mol. The van der Waals surface area contributed by atoms with E-state index in [-0.39, 0.29) is 11.1 Å². The molecule has 210 valence electrons. The predicted octanol–water partition coefficient (Wildman–Crippen LogP) is 10.3. The molecule has 0 atom stereocenters. The van der Waals surface area contributed by atoms with Crippen LogP contribution in [0.15, 0.2) is 60.7 Å². The molecule has 1 aliphatic rings. The number of benzene rings is 3. The zero-order chi connectivity index (χ0) is 28.2. The molecule has 0 unspecified atom stereocenters. The van der Waals surface area contributed by atoms with Gasteiger partial charge in [0.15, 0.2) is 0 Å². The second kappa shape index (κ2) is 12.0. The van der Waals surface area contributed by atoms with E-state index < -0.39 is 40.8 Å². The monoisotopic (exact) mass is 552 g/mol. The molecule has 1 fully saturated rings. The van der Waals surface area contributed by atoms with Crippen LogP contribution in [0.1, 0.15) is 68.6 Å². The van der Waals surface area contributed by atoms with Crippen LogP contribution in [0.2, 0.25) is 0 Å². The molecule has 4 rings (SSSR count). The van der Waals surface area contributed by atoms with Gasteiger partial charge >= 0.3 is 12.3 Å². The van der Waals surface area contributed by atoms with Crippen molar-refractivity contribution in [1.82, 2.24) is 0 Å². The van der Waals surface area contributed by atoms with Gasteiger partial charge in [0.25, 0.3) is 0 Å². The third-order valence-corrected chi connectivity index (χ3v) is 7.52. The molecule has 3 aromatic carbocycles. The van der Waals surface area contributed by atoms with E-state index in [0.29, 0.717) is 24.1 Å². The quantitative estimate of drug-likeness (QED) is 0.240. The number of ether oxygens (including phenoxy) is 1. The summed E-state index contributed by atoms with van der Waals surface area (Å²) < 4.78 is 103. The summed E-state index contributed by atoms with van der Waals surface area (Å²) >= 11 is 0. The number of alkyl halides is 5. The third kappa shape index (κ3) is 7.55. The van der Waals surface area contributed by atoms with Crippen molar-refractivity contribution in [3.63, 3.8) is 0 Å². The Kier molecular flexibility index (Phi) is 8.92. The lowest BCUT2D eigenvalue weighted by molar-refractivity contribution is -0.185. The summed E-state index contributed by atoms with van der Waals surface area (Å²) in [6.45, 7) is 2.20. The van der Waals surface area contributed by atoms with E-state index in [2.05, 4.69) is 6.92 Å². The Balaban J connectivity index is 1.50. The van der Waals surface area contributed by atoms with Crippen molar-refractivity contribution in [2.75, 3.05) is 0 Å². The van der Waals surface area contributed by atoms with Crippen LogP contribution in [0, 0.1) is 23.5 Å². The van der Waals surface area contributed by atoms with Crippen molar-refractivity contribution in [1.29, 1.82) is 0 Å². The Morgan fingerprint density at radius 3 is 1.85 bits per heavy atom. The van der Waals surface area contributed by atoms with E-state index in [0.717, 1.165) is 42.5 Å². The highest BCUT2D eigenvalue weighted by Gasteiger charge is 2.37. The Morgan fingerprint density at radius 1 is 0.718 bits per heavy atom. The maximum absolute atomic E-state index is 15.2. The van der Waals surface area contributed by atoms with Crippen LogP contribution >= 0.6 is 0 Å². The summed E-state index contributed by atoms with van der Waals surface area (Å²) in [4.78, 5) is 0. The van der Waals surface area contributed by atoms with E-state index in [1.54, 1.807) is 12.1 Å². The molecule has 0 heterocycles. The van der Waals surface area contributed by atoms with Gasteiger partial charge in [0.1, 0.15) is 17.4 Å². The van der Waals surface area contributed by atoms with Crippen LogP contribution in [-0.4, -0.2) is 0 Å². The van der Waals surface area contributed by atoms with Gasteiger partial charge in [-0.1, -0.05) is 63.6 Å². The molecular weight excluding hydrogens is 521 g/mol. The van der Waals surface area contributed by atoms with Crippen molar-refractivity contribution in [2.24, 2.45) is 11.8 Å². The van der Waals surface area contributed by atoms with Gasteiger partial charge in [-0.2, -0.15) is 22.0 Å². The highest BCUT2D eigenvalue weighted by atomic mass is 19.4. The van der Waals surface area contributed by atoms with Gasteiger partial charge in [-0.05, 0) is 72.2 Å². The summed E-state index contributed by atoms with van der Waals surface area (Å²) in [5.74, 6) is -1.43. The van der Waals surface area contributed by atoms with Gasteiger partial charge in [-0.3, -0.25) is 0 Å². The van der Waals surface area contributed by atoms with Gasteiger partial charge in [-0.25, -0.2) is 8.78 Å². The van der Waals surface area contributed by atoms with Crippen LogP contribution in [0.4, 0.5) is 30.7 Å². The SMILES string of the molecule is CCCC1CCC(CCc2ccc(C(F)(F)Oc3cc(C(F)(F)F)ccc3-c3cc(F)cc(F)c3)cc2)CC1. The van der Waals surface area contributed by atoms with E-state index in [4.69, 9.17) is 4.74 Å². The van der Waals surface area contributed by atoms with Crippen LogP contribution in [0.25, 0.3) is 11.1 Å². The fourth-order valence-electron chi connectivity index (χ4n) is 5.38. The Hall–Kier alpha value is -3.03. The van der Waals surface area contributed by atoms with Crippen molar-refractivity contribution in [3.8, 4) is 16.9 Å². The van der Waals surface area contributed by atoms with Gasteiger partial charge in [0.2, 0.25) is 0 Å². The first-order valence-electron chi connectivity index (χ1n) is 13.3. The van der Waals surface area contributed by atoms with Crippen LogP contribution in [0.3, 0.4) is 0 Å². The number of aryl methyl sites for hydroxylation is 1. The second-order valence-electron chi connectivity index (χ2n) is 10.4. The molecule has 0 saturated heterocycles. The van der Waals surface area contributed by atoms with E-state index in [1.165, 1.54) is 50.7 Å². The fourth-order valence-corrected chi connectivity index (χ4v) is 5.38. The van der Waals surface area contributed by atoms with Crippen molar-refractivity contribution in [3.05, 3.63) is 89.0 Å². The first-order chi connectivity index (χ1) is 18.4. The lowest BCUT2D eigenvalue weighted by Crippen LogP contribution is -2.22. The molecule has 0 N–H and O–H groups in total. The topological polar surface area (TPSA) is 9.23 Å². The fraction of sp³-hybridized carbons (Fsp3) is 0.419. The van der Waals surface area contributed by atoms with Crippen LogP contribution < -0.4 is 4.74 Å². The third-order valence-electron chi connectivity index (χ3n) is 7.52. The van der Waals surface area contributed by atoms with Gasteiger partial charge in [0.05, 0.1) is 11.1 Å². The minimum Gasteiger partial charge on any atom is -0.428 e. The van der Waals surface area contributed by atoms with Crippen molar-refractivity contribution in [2.45, 2.75) is 70.6 Å². The van der Waals surface area contributed by atoms with Crippen LogP contribution in [-0.2, 0) is 18.7 Å². The Bertz CT molecular complexity index is 1220. The van der Waals surface area contributed by atoms with E-state index >= 15 is 8.78 Å². The summed E-state index contributed by atoms with van der Waals surface area (Å²) in [6.07, 6.45) is 0.201. The van der Waals surface area contributed by atoms with Crippen molar-refractivity contribution < 1.29 is 35.5 Å². The maximum atomic E-state index is 15.2. The summed E-state index contributed by atoms with van der Waals surface area (Å²) in [5, 5.41) is 0. The van der Waals surface area contributed by atoms with E-state index in [9.17, 15) is 22.0 Å². The molecule has 0 amide bonds. The first kappa shape index (κ1) is 29.0. The molecule has 1 saturated carbocycles. The molecule has 0 spiro atoms. The zero-order valence-electron chi connectivity index (χ0n) is 21.6. The number of rotatable bonds is 9. The first-order valence-corrected chi connectivity index (χ1v) is 13.3. The molecule has 0 bridgehead atoms. The van der Waals surface area contributed by atoms with Crippen LogP contribution in [0.5, 0.6) is 5.75 Å². The molecular formula is C31H31F7O. The minimum atomic E-state index is -4.84. The molecule has 0 aliphatic heterocycles. The molecule has 1 nitrogen and oxygen atoms in total. The lowest BCUT2D eigenvalue weighted by Gasteiger charge is -2.28. The number of hydrogen-bond acceptors (Lipinski definition) is 1. The smallest absolute Gasteiger partial charge is 0.426 e. The minimum absolute atomic E-state index is 0.230.